The van der Waals surface area contributed by atoms with Crippen molar-refractivity contribution < 1.29 is 19.5 Å². The van der Waals surface area contributed by atoms with Gasteiger partial charge in [0.15, 0.2) is 5.96 Å². The number of fused-ring (bicyclic) bond motifs is 1. The maximum absolute atomic E-state index is 13.0. The Morgan fingerprint density at radius 1 is 1.12 bits per heavy atom. The molecule has 10 N–H and O–H groups in total. The van der Waals surface area contributed by atoms with Gasteiger partial charge in [-0.05, 0) is 30.4 Å². The van der Waals surface area contributed by atoms with Crippen LogP contribution in [0.1, 0.15) is 32.3 Å². The lowest BCUT2D eigenvalue weighted by molar-refractivity contribution is -0.143. The predicted octanol–water partition coefficient (Wildman–Crippen LogP) is -0.198. The van der Waals surface area contributed by atoms with E-state index < -0.39 is 35.9 Å². The van der Waals surface area contributed by atoms with E-state index in [1.54, 1.807) is 20.0 Å². The van der Waals surface area contributed by atoms with Crippen LogP contribution in [0, 0.1) is 5.92 Å². The number of carbonyl (C=O) groups is 3. The van der Waals surface area contributed by atoms with Gasteiger partial charge in [0.05, 0.1) is 6.04 Å². The largest absolute Gasteiger partial charge is 0.480 e. The molecule has 2 aromatic rings. The summed E-state index contributed by atoms with van der Waals surface area (Å²) in [5, 5.41) is 15.6. The van der Waals surface area contributed by atoms with E-state index in [1.165, 1.54) is 0 Å². The van der Waals surface area contributed by atoms with Gasteiger partial charge in [0.1, 0.15) is 12.1 Å². The summed E-state index contributed by atoms with van der Waals surface area (Å²) in [6.07, 6.45) is 2.73. The van der Waals surface area contributed by atoms with Crippen molar-refractivity contribution in [1.29, 1.82) is 0 Å². The molecule has 0 aliphatic rings. The average Bonchev–Trinajstić information content (AvgIpc) is 3.16. The molecule has 2 amide bonds. The summed E-state index contributed by atoms with van der Waals surface area (Å²) in [5.74, 6) is -2.64. The fraction of sp³-hybridized carbons (Fsp3) is 0.455. The minimum atomic E-state index is -1.15. The zero-order chi connectivity index (χ0) is 24.5. The molecule has 0 aliphatic carbocycles. The number of H-pyrrole nitrogens is 1. The minimum Gasteiger partial charge on any atom is -0.480 e. The van der Waals surface area contributed by atoms with Gasteiger partial charge in [-0.25, -0.2) is 4.79 Å². The van der Waals surface area contributed by atoms with Crippen LogP contribution in [0.15, 0.2) is 35.5 Å². The van der Waals surface area contributed by atoms with Crippen molar-refractivity contribution in [3.8, 4) is 0 Å². The molecular formula is C22H33N7O4. The van der Waals surface area contributed by atoms with Crippen LogP contribution >= 0.6 is 0 Å². The molecule has 0 spiro atoms. The number of carbonyl (C=O) groups excluding carboxylic acids is 2. The third-order valence-corrected chi connectivity index (χ3v) is 5.27. The quantitative estimate of drug-likeness (QED) is 0.129. The van der Waals surface area contributed by atoms with E-state index in [1.807, 2.05) is 24.3 Å². The monoisotopic (exact) mass is 459 g/mol. The smallest absolute Gasteiger partial charge is 0.326 e. The number of benzene rings is 1. The second-order valence-corrected chi connectivity index (χ2v) is 8.25. The predicted molar refractivity (Wildman–Crippen MR) is 126 cm³/mol. The van der Waals surface area contributed by atoms with Crippen LogP contribution in [0.5, 0.6) is 0 Å². The van der Waals surface area contributed by atoms with E-state index in [4.69, 9.17) is 17.2 Å². The van der Waals surface area contributed by atoms with Gasteiger partial charge in [-0.1, -0.05) is 32.0 Å². The van der Waals surface area contributed by atoms with Gasteiger partial charge in [-0.2, -0.15) is 0 Å². The molecule has 1 aromatic heterocycles. The number of aliphatic carboxylic acids is 1. The number of nitrogens with zero attached hydrogens (tertiary/aromatic N) is 1. The van der Waals surface area contributed by atoms with Crippen molar-refractivity contribution in [2.24, 2.45) is 28.1 Å². The Labute approximate surface area is 192 Å². The molecule has 0 fully saturated rings. The van der Waals surface area contributed by atoms with Crippen LogP contribution in [-0.2, 0) is 20.8 Å². The Hall–Kier alpha value is -3.60. The summed E-state index contributed by atoms with van der Waals surface area (Å²) < 4.78 is 0. The lowest BCUT2D eigenvalue weighted by Gasteiger charge is -2.24. The molecule has 180 valence electrons. The molecular weight excluding hydrogens is 426 g/mol. The number of aromatic nitrogens is 1. The Kier molecular flexibility index (Phi) is 9.22. The molecule has 0 aliphatic heterocycles. The molecule has 0 radical (unpaired) electrons. The topological polar surface area (TPSA) is 202 Å². The van der Waals surface area contributed by atoms with Crippen LogP contribution < -0.4 is 27.8 Å². The van der Waals surface area contributed by atoms with Gasteiger partial charge in [0.2, 0.25) is 11.8 Å². The maximum atomic E-state index is 13.0. The summed E-state index contributed by atoms with van der Waals surface area (Å²) in [7, 11) is 0. The molecule has 3 unspecified atom stereocenters. The van der Waals surface area contributed by atoms with Crippen LogP contribution in [-0.4, -0.2) is 58.5 Å². The maximum Gasteiger partial charge on any atom is 0.326 e. The number of aromatic amines is 1. The second-order valence-electron chi connectivity index (χ2n) is 8.25. The zero-order valence-electron chi connectivity index (χ0n) is 18.9. The Morgan fingerprint density at radius 2 is 1.82 bits per heavy atom. The van der Waals surface area contributed by atoms with Gasteiger partial charge in [-0.3, -0.25) is 14.6 Å². The number of amides is 2. The van der Waals surface area contributed by atoms with E-state index >= 15 is 0 Å². The Balaban J connectivity index is 2.17. The zero-order valence-corrected chi connectivity index (χ0v) is 18.9. The highest BCUT2D eigenvalue weighted by atomic mass is 16.4. The molecule has 11 nitrogen and oxygen atoms in total. The number of carboxylic acid groups (broad SMARTS) is 1. The number of nitrogens with two attached hydrogens (primary N) is 3. The van der Waals surface area contributed by atoms with Gasteiger partial charge >= 0.3 is 5.97 Å². The summed E-state index contributed by atoms with van der Waals surface area (Å²) in [4.78, 5) is 44.3. The van der Waals surface area contributed by atoms with Crippen LogP contribution in [0.3, 0.4) is 0 Å². The average molecular weight is 460 g/mol. The molecule has 0 saturated heterocycles. The van der Waals surface area contributed by atoms with Crippen molar-refractivity contribution in [3.63, 3.8) is 0 Å². The SMILES string of the molecule is CC(C)C(NC(=O)C(Cc1c[nH]c2ccccc12)NC(=O)C(N)CCCN=C(N)N)C(=O)O. The van der Waals surface area contributed by atoms with Crippen molar-refractivity contribution >= 4 is 34.6 Å². The first-order valence-corrected chi connectivity index (χ1v) is 10.8. The minimum absolute atomic E-state index is 0.0402. The van der Waals surface area contributed by atoms with E-state index in [0.29, 0.717) is 19.4 Å². The number of rotatable bonds is 12. The van der Waals surface area contributed by atoms with Crippen LogP contribution in [0.4, 0.5) is 0 Å². The van der Waals surface area contributed by atoms with E-state index in [9.17, 15) is 19.5 Å². The van der Waals surface area contributed by atoms with Gasteiger partial charge in [0.25, 0.3) is 0 Å². The lowest BCUT2D eigenvalue weighted by atomic mass is 10.0. The fourth-order valence-electron chi connectivity index (χ4n) is 3.43. The second kappa shape index (κ2) is 11.9. The molecule has 11 heteroatoms. The highest BCUT2D eigenvalue weighted by molar-refractivity contribution is 5.93. The summed E-state index contributed by atoms with van der Waals surface area (Å²) in [6, 6.07) is 4.58. The van der Waals surface area contributed by atoms with Crippen molar-refractivity contribution in [3.05, 3.63) is 36.0 Å². The fourth-order valence-corrected chi connectivity index (χ4v) is 3.43. The molecule has 33 heavy (non-hydrogen) atoms. The molecule has 0 bridgehead atoms. The van der Waals surface area contributed by atoms with E-state index in [0.717, 1.165) is 16.5 Å². The number of guanidine groups is 1. The number of para-hydroxylation sites is 1. The van der Waals surface area contributed by atoms with E-state index in [2.05, 4.69) is 20.6 Å². The number of hydrogen-bond donors (Lipinski definition) is 7. The Bertz CT molecular complexity index is 998. The van der Waals surface area contributed by atoms with Crippen LogP contribution in [0.2, 0.25) is 0 Å². The molecule has 0 saturated carbocycles. The summed E-state index contributed by atoms with van der Waals surface area (Å²) in [5.41, 5.74) is 18.3. The van der Waals surface area contributed by atoms with Crippen molar-refractivity contribution in [1.82, 2.24) is 15.6 Å². The van der Waals surface area contributed by atoms with Crippen LogP contribution in [0.25, 0.3) is 10.9 Å². The summed E-state index contributed by atoms with van der Waals surface area (Å²) >= 11 is 0. The van der Waals surface area contributed by atoms with Crippen molar-refractivity contribution in [2.45, 2.75) is 51.2 Å². The standard InChI is InChI=1S/C22H33N7O4/c1-12(2)18(21(32)33)29-20(31)17(10-13-11-27-16-8-4-3-6-14(13)16)28-19(30)15(23)7-5-9-26-22(24)25/h3-4,6,8,11-12,15,17-18,27H,5,7,9-10,23H2,1-2H3,(H,28,30)(H,29,31)(H,32,33)(H4,24,25,26). The van der Waals surface area contributed by atoms with Gasteiger partial charge in [-0.15, -0.1) is 0 Å². The summed E-state index contributed by atoms with van der Waals surface area (Å²) in [6.45, 7) is 3.72. The Morgan fingerprint density at radius 3 is 2.45 bits per heavy atom. The van der Waals surface area contributed by atoms with Gasteiger partial charge < -0.3 is 37.9 Å². The highest BCUT2D eigenvalue weighted by Gasteiger charge is 2.30. The number of nitrogens with one attached hydrogen (secondary N) is 3. The normalized spacial score (nSPS) is 13.8. The third-order valence-electron chi connectivity index (χ3n) is 5.27. The first kappa shape index (κ1) is 25.7. The lowest BCUT2D eigenvalue weighted by Crippen LogP contribution is -2.56. The molecule has 3 atom stereocenters. The third kappa shape index (κ3) is 7.49. The first-order chi connectivity index (χ1) is 15.6. The molecule has 2 rings (SSSR count). The number of hydrogen-bond acceptors (Lipinski definition) is 5. The van der Waals surface area contributed by atoms with Crippen molar-refractivity contribution in [2.75, 3.05) is 6.54 Å². The number of aliphatic imine (C=N–C) groups is 1. The molecule has 1 aromatic carbocycles. The molecule has 1 heterocycles. The highest BCUT2D eigenvalue weighted by Crippen LogP contribution is 2.19. The number of carboxylic acids is 1. The van der Waals surface area contributed by atoms with Gasteiger partial charge in [0, 0.05) is 30.1 Å². The first-order valence-electron chi connectivity index (χ1n) is 10.8. The van der Waals surface area contributed by atoms with E-state index in [-0.39, 0.29) is 18.3 Å².